The first-order chi connectivity index (χ1) is 8.62. The van der Waals surface area contributed by atoms with Crippen molar-refractivity contribution in [3.63, 3.8) is 0 Å². The summed E-state index contributed by atoms with van der Waals surface area (Å²) >= 11 is 0. The van der Waals surface area contributed by atoms with Crippen molar-refractivity contribution >= 4 is 5.91 Å². The number of pyridine rings is 1. The summed E-state index contributed by atoms with van der Waals surface area (Å²) in [6, 6.07) is 0.410. The first-order valence-electron chi connectivity index (χ1n) is 5.07. The first-order valence-corrected chi connectivity index (χ1v) is 5.07. The van der Waals surface area contributed by atoms with Crippen LogP contribution in [0.2, 0.25) is 0 Å². The van der Waals surface area contributed by atoms with E-state index in [0.717, 1.165) is 0 Å². The number of primary amides is 1. The minimum absolute atomic E-state index is 0.410. The zero-order chi connectivity index (χ0) is 14.8. The number of hydrogen-bond donors (Lipinski definition) is 4. The van der Waals surface area contributed by atoms with Gasteiger partial charge >= 0.3 is 6.18 Å². The fourth-order valence-corrected chi connectivity index (χ4v) is 1.41. The van der Waals surface area contributed by atoms with Crippen LogP contribution in [0, 0.1) is 0 Å². The summed E-state index contributed by atoms with van der Waals surface area (Å²) < 4.78 is 37.3. The number of aromatic amines is 1. The molecule has 1 aromatic heterocycles. The summed E-state index contributed by atoms with van der Waals surface area (Å²) in [7, 11) is 0. The quantitative estimate of drug-likeness (QED) is 0.603. The van der Waals surface area contributed by atoms with Crippen molar-refractivity contribution in [1.29, 1.82) is 0 Å². The molecule has 0 aliphatic heterocycles. The van der Waals surface area contributed by atoms with Gasteiger partial charge in [-0.3, -0.25) is 9.59 Å². The van der Waals surface area contributed by atoms with Crippen molar-refractivity contribution in [3.05, 3.63) is 33.7 Å². The highest BCUT2D eigenvalue weighted by Gasteiger charge is 2.33. The molecular formula is C10H11F3N2O4. The number of rotatable bonds is 4. The summed E-state index contributed by atoms with van der Waals surface area (Å²) in [6.45, 7) is 0. The van der Waals surface area contributed by atoms with Crippen LogP contribution in [0.5, 0.6) is 0 Å². The summed E-state index contributed by atoms with van der Waals surface area (Å²) in [5.74, 6) is -0.963. The summed E-state index contributed by atoms with van der Waals surface area (Å²) in [5, 5.41) is 18.9. The van der Waals surface area contributed by atoms with Gasteiger partial charge in [0.25, 0.3) is 5.56 Å². The Bertz CT molecular complexity index is 526. The van der Waals surface area contributed by atoms with Crippen molar-refractivity contribution in [2.45, 2.75) is 24.8 Å². The average Bonchev–Trinajstić information content (AvgIpc) is 2.26. The standard InChI is InChI=1S/C10H11F3N2O4/c11-10(12,13)4-1-5(9(19)15-3-4)8(18)6(16)2-7(14)17/h1,3,6,8,16,18H,2H2,(H2,14,17)(H,15,19). The summed E-state index contributed by atoms with van der Waals surface area (Å²) in [5.41, 5.74) is 1.90. The number of amides is 1. The van der Waals surface area contributed by atoms with Crippen molar-refractivity contribution in [3.8, 4) is 0 Å². The Morgan fingerprint density at radius 2 is 2.00 bits per heavy atom. The molecular weight excluding hydrogens is 269 g/mol. The Morgan fingerprint density at radius 3 is 2.47 bits per heavy atom. The van der Waals surface area contributed by atoms with Gasteiger partial charge in [-0.15, -0.1) is 0 Å². The molecule has 0 fully saturated rings. The third-order valence-corrected chi connectivity index (χ3v) is 2.35. The highest BCUT2D eigenvalue weighted by atomic mass is 19.4. The summed E-state index contributed by atoms with van der Waals surface area (Å²) in [4.78, 5) is 23.7. The molecule has 9 heteroatoms. The van der Waals surface area contributed by atoms with Crippen molar-refractivity contribution < 1.29 is 28.2 Å². The maximum absolute atomic E-state index is 12.4. The van der Waals surface area contributed by atoms with Gasteiger partial charge in [-0.25, -0.2) is 0 Å². The zero-order valence-electron chi connectivity index (χ0n) is 9.44. The van der Waals surface area contributed by atoms with E-state index >= 15 is 0 Å². The van der Waals surface area contributed by atoms with E-state index in [-0.39, 0.29) is 0 Å². The molecule has 106 valence electrons. The average molecular weight is 280 g/mol. The Kier molecular flexibility index (Phi) is 4.32. The molecule has 0 bridgehead atoms. The second-order valence-corrected chi connectivity index (χ2v) is 3.85. The predicted octanol–water partition coefficient (Wildman–Crippen LogP) is -0.337. The van der Waals surface area contributed by atoms with Crippen LogP contribution in [-0.2, 0) is 11.0 Å². The number of aliphatic hydroxyl groups excluding tert-OH is 2. The fraction of sp³-hybridized carbons (Fsp3) is 0.400. The van der Waals surface area contributed by atoms with Gasteiger partial charge < -0.3 is 20.9 Å². The Balaban J connectivity index is 3.12. The van der Waals surface area contributed by atoms with Crippen LogP contribution in [0.3, 0.4) is 0 Å². The van der Waals surface area contributed by atoms with Crippen LogP contribution in [0.25, 0.3) is 0 Å². The Labute approximate surface area is 104 Å². The molecule has 0 aliphatic carbocycles. The van der Waals surface area contributed by atoms with E-state index < -0.39 is 47.4 Å². The third kappa shape index (κ3) is 3.80. The molecule has 1 rings (SSSR count). The molecule has 0 radical (unpaired) electrons. The van der Waals surface area contributed by atoms with Gasteiger partial charge in [-0.2, -0.15) is 13.2 Å². The van der Waals surface area contributed by atoms with E-state index in [0.29, 0.717) is 12.3 Å². The Morgan fingerprint density at radius 1 is 1.42 bits per heavy atom. The maximum Gasteiger partial charge on any atom is 0.417 e. The molecule has 1 aromatic rings. The van der Waals surface area contributed by atoms with Crippen LogP contribution in [0.4, 0.5) is 13.2 Å². The number of hydrogen-bond acceptors (Lipinski definition) is 4. The number of nitrogens with two attached hydrogens (primary N) is 1. The zero-order valence-corrected chi connectivity index (χ0v) is 9.44. The molecule has 19 heavy (non-hydrogen) atoms. The highest BCUT2D eigenvalue weighted by Crippen LogP contribution is 2.29. The monoisotopic (exact) mass is 280 g/mol. The lowest BCUT2D eigenvalue weighted by molar-refractivity contribution is -0.138. The molecule has 6 nitrogen and oxygen atoms in total. The molecule has 2 atom stereocenters. The van der Waals surface area contributed by atoms with Crippen LogP contribution in [-0.4, -0.2) is 27.2 Å². The second-order valence-electron chi connectivity index (χ2n) is 3.85. The molecule has 0 spiro atoms. The molecule has 2 unspecified atom stereocenters. The van der Waals surface area contributed by atoms with Gasteiger partial charge in [-0.05, 0) is 6.07 Å². The lowest BCUT2D eigenvalue weighted by atomic mass is 10.0. The SMILES string of the molecule is NC(=O)CC(O)C(O)c1cc(C(F)(F)F)c[nH]c1=O. The number of halogens is 3. The van der Waals surface area contributed by atoms with Crippen LogP contribution >= 0.6 is 0 Å². The number of H-pyrrole nitrogens is 1. The highest BCUT2D eigenvalue weighted by molar-refractivity contribution is 5.74. The number of carbonyl (C=O) groups excluding carboxylic acids is 1. The fourth-order valence-electron chi connectivity index (χ4n) is 1.41. The lowest BCUT2D eigenvalue weighted by Gasteiger charge is -2.17. The van der Waals surface area contributed by atoms with Gasteiger partial charge in [0.2, 0.25) is 5.91 Å². The maximum atomic E-state index is 12.4. The lowest BCUT2D eigenvalue weighted by Crippen LogP contribution is -2.30. The summed E-state index contributed by atoms with van der Waals surface area (Å²) in [6.07, 6.45) is -8.66. The van der Waals surface area contributed by atoms with Gasteiger partial charge in [0.1, 0.15) is 6.10 Å². The predicted molar refractivity (Wildman–Crippen MR) is 56.8 cm³/mol. The van der Waals surface area contributed by atoms with Gasteiger partial charge in [-0.1, -0.05) is 0 Å². The molecule has 0 saturated carbocycles. The molecule has 1 amide bonds. The number of aromatic nitrogens is 1. The van der Waals surface area contributed by atoms with Gasteiger partial charge in [0.15, 0.2) is 0 Å². The van der Waals surface area contributed by atoms with Crippen LogP contribution in [0.15, 0.2) is 17.1 Å². The topological polar surface area (TPSA) is 116 Å². The van der Waals surface area contributed by atoms with Gasteiger partial charge in [0, 0.05) is 11.8 Å². The minimum atomic E-state index is -4.71. The van der Waals surface area contributed by atoms with Crippen molar-refractivity contribution in [1.82, 2.24) is 4.98 Å². The van der Waals surface area contributed by atoms with Crippen LogP contribution < -0.4 is 11.3 Å². The molecule has 0 aromatic carbocycles. The van der Waals surface area contributed by atoms with E-state index in [1.807, 2.05) is 0 Å². The van der Waals surface area contributed by atoms with Crippen molar-refractivity contribution in [2.24, 2.45) is 5.73 Å². The minimum Gasteiger partial charge on any atom is -0.390 e. The van der Waals surface area contributed by atoms with E-state index in [1.54, 1.807) is 4.98 Å². The van der Waals surface area contributed by atoms with E-state index in [1.165, 1.54) is 0 Å². The molecule has 0 aliphatic rings. The third-order valence-electron chi connectivity index (χ3n) is 2.35. The second kappa shape index (κ2) is 5.41. The number of aliphatic hydroxyl groups is 2. The smallest absolute Gasteiger partial charge is 0.390 e. The van der Waals surface area contributed by atoms with E-state index in [4.69, 9.17) is 5.73 Å². The molecule has 5 N–H and O–H groups in total. The number of nitrogens with one attached hydrogen (secondary N) is 1. The first kappa shape index (κ1) is 15.2. The van der Waals surface area contributed by atoms with E-state index in [2.05, 4.69) is 0 Å². The molecule has 1 heterocycles. The largest absolute Gasteiger partial charge is 0.417 e. The number of carbonyl (C=O) groups is 1. The van der Waals surface area contributed by atoms with Crippen LogP contribution in [0.1, 0.15) is 23.7 Å². The van der Waals surface area contributed by atoms with Gasteiger partial charge in [0.05, 0.1) is 18.1 Å². The number of alkyl halides is 3. The van der Waals surface area contributed by atoms with Crippen molar-refractivity contribution in [2.75, 3.05) is 0 Å². The van der Waals surface area contributed by atoms with E-state index in [9.17, 15) is 33.0 Å². The molecule has 0 saturated heterocycles. The Hall–Kier alpha value is -1.87. The normalized spacial score (nSPS) is 15.0.